The van der Waals surface area contributed by atoms with E-state index in [-0.39, 0.29) is 0 Å². The van der Waals surface area contributed by atoms with Crippen LogP contribution in [0.15, 0.2) is 24.4 Å². The molecule has 13 heavy (non-hydrogen) atoms. The summed E-state index contributed by atoms with van der Waals surface area (Å²) in [5.74, 6) is 0. The predicted molar refractivity (Wildman–Crippen MR) is 53.1 cm³/mol. The lowest BCUT2D eigenvalue weighted by atomic mass is 10.1. The largest absolute Gasteiger partial charge is 0.360 e. The first-order chi connectivity index (χ1) is 6.36. The Kier molecular flexibility index (Phi) is 1.89. The van der Waals surface area contributed by atoms with Crippen molar-refractivity contribution in [1.29, 1.82) is 0 Å². The van der Waals surface area contributed by atoms with Gasteiger partial charge in [-0.05, 0) is 18.1 Å². The Labute approximate surface area is 76.6 Å². The molecule has 0 spiro atoms. The van der Waals surface area contributed by atoms with Gasteiger partial charge in [0, 0.05) is 17.1 Å². The molecule has 0 fully saturated rings. The summed E-state index contributed by atoms with van der Waals surface area (Å²) in [4.78, 5) is 13.8. The first-order valence-electron chi connectivity index (χ1n) is 4.41. The number of hydrogen-bond donors (Lipinski definition) is 1. The fourth-order valence-corrected chi connectivity index (χ4v) is 1.63. The number of nitrogens with one attached hydrogen (secondary N) is 1. The Bertz CT molecular complexity index is 442. The molecule has 0 aliphatic heterocycles. The van der Waals surface area contributed by atoms with Crippen LogP contribution in [-0.4, -0.2) is 11.3 Å². The zero-order valence-corrected chi connectivity index (χ0v) is 7.50. The highest BCUT2D eigenvalue weighted by Crippen LogP contribution is 2.20. The molecule has 0 radical (unpaired) electrons. The number of rotatable bonds is 2. The molecule has 0 aliphatic carbocycles. The number of para-hydroxylation sites is 1. The van der Waals surface area contributed by atoms with Crippen molar-refractivity contribution in [3.05, 3.63) is 35.5 Å². The zero-order chi connectivity index (χ0) is 9.26. The maximum absolute atomic E-state index is 10.7. The van der Waals surface area contributed by atoms with Gasteiger partial charge in [-0.2, -0.15) is 0 Å². The maximum atomic E-state index is 10.7. The molecule has 2 rings (SSSR count). The molecule has 0 atom stereocenters. The molecule has 0 unspecified atom stereocenters. The molecule has 0 aliphatic rings. The van der Waals surface area contributed by atoms with Crippen molar-refractivity contribution >= 4 is 17.2 Å². The van der Waals surface area contributed by atoms with Crippen molar-refractivity contribution in [1.82, 2.24) is 4.98 Å². The highest BCUT2D eigenvalue weighted by molar-refractivity contribution is 5.97. The molecule has 1 N–H and O–H groups in total. The lowest BCUT2D eigenvalue weighted by Crippen LogP contribution is -1.81. The number of aldehydes is 1. The Morgan fingerprint density at radius 2 is 2.31 bits per heavy atom. The molecular weight excluding hydrogens is 162 g/mol. The third-order valence-corrected chi connectivity index (χ3v) is 2.34. The van der Waals surface area contributed by atoms with Gasteiger partial charge in [-0.1, -0.05) is 19.1 Å². The fraction of sp³-hybridized carbons (Fsp3) is 0.182. The van der Waals surface area contributed by atoms with Crippen LogP contribution in [0.4, 0.5) is 0 Å². The molecule has 1 aromatic heterocycles. The number of carbonyl (C=O) groups is 1. The minimum Gasteiger partial charge on any atom is -0.360 e. The normalized spacial score (nSPS) is 10.5. The molecule has 2 aromatic rings. The highest BCUT2D eigenvalue weighted by atomic mass is 16.1. The summed E-state index contributed by atoms with van der Waals surface area (Å²) in [5.41, 5.74) is 2.95. The Hall–Kier alpha value is -1.57. The van der Waals surface area contributed by atoms with Gasteiger partial charge in [-0.15, -0.1) is 0 Å². The van der Waals surface area contributed by atoms with Gasteiger partial charge in [0.15, 0.2) is 6.29 Å². The van der Waals surface area contributed by atoms with E-state index in [9.17, 15) is 4.79 Å². The highest BCUT2D eigenvalue weighted by Gasteiger charge is 2.04. The molecule has 0 saturated heterocycles. The van der Waals surface area contributed by atoms with Gasteiger partial charge >= 0.3 is 0 Å². The van der Waals surface area contributed by atoms with Gasteiger partial charge in [0.1, 0.15) is 0 Å². The van der Waals surface area contributed by atoms with Crippen LogP contribution in [0.5, 0.6) is 0 Å². The van der Waals surface area contributed by atoms with Crippen molar-refractivity contribution in [2.75, 3.05) is 0 Å². The summed E-state index contributed by atoms with van der Waals surface area (Å²) in [6.45, 7) is 2.11. The van der Waals surface area contributed by atoms with Gasteiger partial charge < -0.3 is 4.98 Å². The molecule has 1 aromatic carbocycles. The van der Waals surface area contributed by atoms with Crippen molar-refractivity contribution in [3.8, 4) is 0 Å². The van der Waals surface area contributed by atoms with E-state index in [4.69, 9.17) is 0 Å². The number of benzene rings is 1. The Morgan fingerprint density at radius 3 is 3.00 bits per heavy atom. The second-order valence-corrected chi connectivity index (χ2v) is 3.06. The number of aromatic nitrogens is 1. The van der Waals surface area contributed by atoms with E-state index in [1.165, 1.54) is 5.56 Å². The van der Waals surface area contributed by atoms with Crippen molar-refractivity contribution < 1.29 is 4.79 Å². The van der Waals surface area contributed by atoms with E-state index in [1.807, 2.05) is 24.4 Å². The van der Waals surface area contributed by atoms with Crippen molar-refractivity contribution in [2.24, 2.45) is 0 Å². The minimum atomic E-state index is 0.734. The summed E-state index contributed by atoms with van der Waals surface area (Å²) >= 11 is 0. The standard InChI is InChI=1S/C11H11NO/c1-2-8-6-12-11-9(7-13)4-3-5-10(8)11/h3-7,12H,2H2,1H3. The van der Waals surface area contributed by atoms with Crippen LogP contribution in [0.25, 0.3) is 10.9 Å². The monoisotopic (exact) mass is 173 g/mol. The van der Waals surface area contributed by atoms with Gasteiger partial charge in [0.2, 0.25) is 0 Å². The molecule has 1 heterocycles. The first-order valence-corrected chi connectivity index (χ1v) is 4.41. The second-order valence-electron chi connectivity index (χ2n) is 3.06. The van der Waals surface area contributed by atoms with Crippen LogP contribution in [-0.2, 0) is 6.42 Å². The average molecular weight is 173 g/mol. The van der Waals surface area contributed by atoms with Crippen LogP contribution in [0.2, 0.25) is 0 Å². The molecule has 2 heteroatoms. The van der Waals surface area contributed by atoms with Gasteiger partial charge in [-0.3, -0.25) is 4.79 Å². The topological polar surface area (TPSA) is 32.9 Å². The predicted octanol–water partition coefficient (Wildman–Crippen LogP) is 2.54. The van der Waals surface area contributed by atoms with E-state index in [0.29, 0.717) is 0 Å². The van der Waals surface area contributed by atoms with Crippen molar-refractivity contribution in [2.45, 2.75) is 13.3 Å². The molecule has 2 nitrogen and oxygen atoms in total. The summed E-state index contributed by atoms with van der Waals surface area (Å²) in [6.07, 6.45) is 3.85. The zero-order valence-electron chi connectivity index (χ0n) is 7.50. The quantitative estimate of drug-likeness (QED) is 0.695. The number of hydrogen-bond acceptors (Lipinski definition) is 1. The lowest BCUT2D eigenvalue weighted by Gasteiger charge is -1.95. The fourth-order valence-electron chi connectivity index (χ4n) is 1.63. The van der Waals surface area contributed by atoms with Crippen LogP contribution < -0.4 is 0 Å². The smallest absolute Gasteiger partial charge is 0.152 e. The summed E-state index contributed by atoms with van der Waals surface area (Å²) < 4.78 is 0. The minimum absolute atomic E-state index is 0.734. The van der Waals surface area contributed by atoms with Crippen LogP contribution in [0, 0.1) is 0 Å². The second kappa shape index (κ2) is 3.05. The molecule has 0 saturated carbocycles. The van der Waals surface area contributed by atoms with E-state index >= 15 is 0 Å². The number of aromatic amines is 1. The summed E-state index contributed by atoms with van der Waals surface area (Å²) in [6, 6.07) is 5.78. The third-order valence-electron chi connectivity index (χ3n) is 2.34. The first kappa shape index (κ1) is 8.05. The van der Waals surface area contributed by atoms with Crippen molar-refractivity contribution in [3.63, 3.8) is 0 Å². The van der Waals surface area contributed by atoms with E-state index in [0.717, 1.165) is 29.2 Å². The van der Waals surface area contributed by atoms with Gasteiger partial charge in [0.25, 0.3) is 0 Å². The van der Waals surface area contributed by atoms with Crippen LogP contribution in [0.1, 0.15) is 22.8 Å². The molecule has 66 valence electrons. The van der Waals surface area contributed by atoms with Crippen LogP contribution in [0.3, 0.4) is 0 Å². The SMILES string of the molecule is CCc1c[nH]c2c(C=O)cccc12. The Morgan fingerprint density at radius 1 is 1.46 bits per heavy atom. The lowest BCUT2D eigenvalue weighted by molar-refractivity contribution is 0.112. The Balaban J connectivity index is 2.79. The third kappa shape index (κ3) is 1.15. The van der Waals surface area contributed by atoms with E-state index in [2.05, 4.69) is 11.9 Å². The molecule has 0 bridgehead atoms. The number of fused-ring (bicyclic) bond motifs is 1. The molecular formula is C11H11NO. The number of carbonyl (C=O) groups excluding carboxylic acids is 1. The maximum Gasteiger partial charge on any atom is 0.152 e. The van der Waals surface area contributed by atoms with Crippen LogP contribution >= 0.6 is 0 Å². The number of H-pyrrole nitrogens is 1. The number of aryl methyl sites for hydroxylation is 1. The van der Waals surface area contributed by atoms with E-state index < -0.39 is 0 Å². The van der Waals surface area contributed by atoms with Gasteiger partial charge in [0.05, 0.1) is 5.52 Å². The summed E-state index contributed by atoms with van der Waals surface area (Å²) in [7, 11) is 0. The summed E-state index contributed by atoms with van der Waals surface area (Å²) in [5, 5.41) is 1.16. The molecule has 0 amide bonds. The van der Waals surface area contributed by atoms with Gasteiger partial charge in [-0.25, -0.2) is 0 Å². The average Bonchev–Trinajstić information content (AvgIpc) is 2.60. The van der Waals surface area contributed by atoms with E-state index in [1.54, 1.807) is 0 Å².